The molecule has 0 aromatic heterocycles. The van der Waals surface area contributed by atoms with Crippen LogP contribution in [0.15, 0.2) is 24.3 Å². The number of urea groups is 1. The normalized spacial score (nSPS) is 16.6. The molecule has 8 heteroatoms. The van der Waals surface area contributed by atoms with E-state index < -0.39 is 36.0 Å². The molecule has 0 saturated carbocycles. The van der Waals surface area contributed by atoms with Gasteiger partial charge in [-0.1, -0.05) is 25.1 Å². The third-order valence-electron chi connectivity index (χ3n) is 4.21. The lowest BCUT2D eigenvalue weighted by molar-refractivity contribution is -0.152. The Morgan fingerprint density at radius 3 is 2.54 bits per heavy atom. The van der Waals surface area contributed by atoms with Crippen molar-refractivity contribution in [3.63, 3.8) is 0 Å². The summed E-state index contributed by atoms with van der Waals surface area (Å²) in [5, 5.41) is 4.67. The standard InChI is InChI=1S/C20H27N3O5/c1-5-13-8-6-7-9-15(13)23-11-14(10-17(23)25)18(26)28-12-16(24)21-19(27)22-20(2,3)4/h6-9,14H,5,10-12H2,1-4H3,(H2,21,22,24,27)/t14-/m1/s1. The lowest BCUT2D eigenvalue weighted by atomic mass is 10.1. The van der Waals surface area contributed by atoms with Crippen LogP contribution in [-0.4, -0.2) is 42.5 Å². The van der Waals surface area contributed by atoms with Crippen LogP contribution in [0.2, 0.25) is 0 Å². The molecular formula is C20H27N3O5. The predicted molar refractivity (Wildman–Crippen MR) is 104 cm³/mol. The molecule has 1 fully saturated rings. The smallest absolute Gasteiger partial charge is 0.321 e. The van der Waals surface area contributed by atoms with E-state index in [-0.39, 0.29) is 18.9 Å². The molecule has 1 atom stereocenters. The average Bonchev–Trinajstić information content (AvgIpc) is 2.99. The number of esters is 1. The van der Waals surface area contributed by atoms with Gasteiger partial charge in [-0.05, 0) is 38.8 Å². The van der Waals surface area contributed by atoms with E-state index in [9.17, 15) is 19.2 Å². The van der Waals surface area contributed by atoms with Gasteiger partial charge >= 0.3 is 12.0 Å². The zero-order chi connectivity index (χ0) is 20.9. The highest BCUT2D eigenvalue weighted by Gasteiger charge is 2.37. The largest absolute Gasteiger partial charge is 0.455 e. The summed E-state index contributed by atoms with van der Waals surface area (Å²) in [5.74, 6) is -2.16. The van der Waals surface area contributed by atoms with Gasteiger partial charge in [0.2, 0.25) is 5.91 Å². The fourth-order valence-electron chi connectivity index (χ4n) is 2.96. The Kier molecular flexibility index (Phi) is 6.77. The molecule has 1 aromatic carbocycles. The monoisotopic (exact) mass is 389 g/mol. The highest BCUT2D eigenvalue weighted by Crippen LogP contribution is 2.29. The van der Waals surface area contributed by atoms with Crippen molar-refractivity contribution in [2.24, 2.45) is 5.92 Å². The molecule has 1 aliphatic heterocycles. The highest BCUT2D eigenvalue weighted by molar-refractivity contribution is 6.00. The van der Waals surface area contributed by atoms with E-state index in [0.717, 1.165) is 17.7 Å². The van der Waals surface area contributed by atoms with Gasteiger partial charge in [0.25, 0.3) is 5.91 Å². The molecule has 1 aliphatic rings. The van der Waals surface area contributed by atoms with Crippen LogP contribution < -0.4 is 15.5 Å². The lowest BCUT2D eigenvalue weighted by Crippen LogP contribution is -2.49. The van der Waals surface area contributed by atoms with E-state index in [0.29, 0.717) is 0 Å². The quantitative estimate of drug-likeness (QED) is 0.747. The van der Waals surface area contributed by atoms with Crippen molar-refractivity contribution in [3.8, 4) is 0 Å². The summed E-state index contributed by atoms with van der Waals surface area (Å²) >= 11 is 0. The Labute approximate surface area is 164 Å². The van der Waals surface area contributed by atoms with Crippen molar-refractivity contribution in [1.29, 1.82) is 0 Å². The second-order valence-corrected chi connectivity index (χ2v) is 7.75. The van der Waals surface area contributed by atoms with Gasteiger partial charge in [-0.25, -0.2) is 4.79 Å². The molecule has 28 heavy (non-hydrogen) atoms. The van der Waals surface area contributed by atoms with Crippen molar-refractivity contribution >= 4 is 29.5 Å². The topological polar surface area (TPSA) is 105 Å². The third-order valence-corrected chi connectivity index (χ3v) is 4.21. The molecule has 1 saturated heterocycles. The van der Waals surface area contributed by atoms with Crippen LogP contribution in [0.3, 0.4) is 0 Å². The molecule has 1 heterocycles. The van der Waals surface area contributed by atoms with Crippen LogP contribution in [0.4, 0.5) is 10.5 Å². The highest BCUT2D eigenvalue weighted by atomic mass is 16.5. The van der Waals surface area contributed by atoms with E-state index in [4.69, 9.17) is 4.74 Å². The van der Waals surface area contributed by atoms with Gasteiger partial charge in [0.1, 0.15) is 0 Å². The summed E-state index contributed by atoms with van der Waals surface area (Å²) in [6.07, 6.45) is 0.800. The Morgan fingerprint density at radius 1 is 1.21 bits per heavy atom. The summed E-state index contributed by atoms with van der Waals surface area (Å²) in [6, 6.07) is 6.89. The van der Waals surface area contributed by atoms with Crippen LogP contribution >= 0.6 is 0 Å². The van der Waals surface area contributed by atoms with Gasteiger partial charge in [0, 0.05) is 24.2 Å². The van der Waals surface area contributed by atoms with Crippen molar-refractivity contribution < 1.29 is 23.9 Å². The van der Waals surface area contributed by atoms with Crippen LogP contribution in [0.5, 0.6) is 0 Å². The zero-order valence-electron chi connectivity index (χ0n) is 16.7. The van der Waals surface area contributed by atoms with E-state index in [1.54, 1.807) is 25.7 Å². The molecule has 2 rings (SSSR count). The molecule has 0 spiro atoms. The van der Waals surface area contributed by atoms with Crippen molar-refractivity contribution in [1.82, 2.24) is 10.6 Å². The number of nitrogens with one attached hydrogen (secondary N) is 2. The van der Waals surface area contributed by atoms with Crippen LogP contribution in [0, 0.1) is 5.92 Å². The number of para-hydroxylation sites is 1. The fraction of sp³-hybridized carbons (Fsp3) is 0.500. The molecule has 2 N–H and O–H groups in total. The van der Waals surface area contributed by atoms with E-state index in [1.807, 2.05) is 31.2 Å². The number of hydrogen-bond acceptors (Lipinski definition) is 5. The minimum atomic E-state index is -0.729. The molecular weight excluding hydrogens is 362 g/mol. The molecule has 1 aromatic rings. The van der Waals surface area contributed by atoms with E-state index in [2.05, 4.69) is 10.6 Å². The summed E-state index contributed by atoms with van der Waals surface area (Å²) in [4.78, 5) is 49.6. The number of aryl methyl sites for hydroxylation is 1. The Bertz CT molecular complexity index is 769. The molecule has 0 aliphatic carbocycles. The van der Waals surface area contributed by atoms with Crippen LogP contribution in [0.25, 0.3) is 0 Å². The van der Waals surface area contributed by atoms with Crippen molar-refractivity contribution in [2.45, 2.75) is 46.1 Å². The van der Waals surface area contributed by atoms with E-state index >= 15 is 0 Å². The van der Waals surface area contributed by atoms with Crippen LogP contribution in [0.1, 0.15) is 39.7 Å². The van der Waals surface area contributed by atoms with Gasteiger partial charge < -0.3 is 15.0 Å². The lowest BCUT2D eigenvalue weighted by Gasteiger charge is -2.20. The first-order chi connectivity index (χ1) is 13.1. The Morgan fingerprint density at radius 2 is 1.89 bits per heavy atom. The first-order valence-electron chi connectivity index (χ1n) is 9.27. The van der Waals surface area contributed by atoms with Gasteiger partial charge in [0.05, 0.1) is 5.92 Å². The number of carbonyl (C=O) groups is 4. The van der Waals surface area contributed by atoms with Crippen molar-refractivity contribution in [2.75, 3.05) is 18.1 Å². The number of imide groups is 1. The predicted octanol–water partition coefficient (Wildman–Crippen LogP) is 1.77. The van der Waals surface area contributed by atoms with Crippen LogP contribution in [-0.2, 0) is 25.5 Å². The molecule has 4 amide bonds. The zero-order valence-corrected chi connectivity index (χ0v) is 16.7. The summed E-state index contributed by atoms with van der Waals surface area (Å²) in [6.45, 7) is 6.96. The van der Waals surface area contributed by atoms with E-state index in [1.165, 1.54) is 0 Å². The molecule has 0 radical (unpaired) electrons. The summed E-state index contributed by atoms with van der Waals surface area (Å²) in [7, 11) is 0. The number of anilines is 1. The maximum absolute atomic E-state index is 12.4. The second-order valence-electron chi connectivity index (χ2n) is 7.75. The maximum Gasteiger partial charge on any atom is 0.321 e. The van der Waals surface area contributed by atoms with Gasteiger partial charge in [-0.3, -0.25) is 19.7 Å². The first kappa shape index (κ1) is 21.4. The first-order valence-corrected chi connectivity index (χ1v) is 9.27. The minimum absolute atomic E-state index is 0.0308. The summed E-state index contributed by atoms with van der Waals surface area (Å²) < 4.78 is 5.00. The number of benzene rings is 1. The summed E-state index contributed by atoms with van der Waals surface area (Å²) in [5.41, 5.74) is 1.32. The molecule has 8 nitrogen and oxygen atoms in total. The maximum atomic E-state index is 12.4. The number of hydrogen-bond donors (Lipinski definition) is 2. The number of amides is 4. The van der Waals surface area contributed by atoms with Crippen molar-refractivity contribution in [3.05, 3.63) is 29.8 Å². The molecule has 0 bridgehead atoms. The minimum Gasteiger partial charge on any atom is -0.455 e. The third kappa shape index (κ3) is 5.80. The average molecular weight is 389 g/mol. The Balaban J connectivity index is 1.88. The number of ether oxygens (including phenoxy) is 1. The second kappa shape index (κ2) is 8.86. The number of carbonyl (C=O) groups excluding carboxylic acids is 4. The van der Waals surface area contributed by atoms with Gasteiger partial charge in [-0.15, -0.1) is 0 Å². The van der Waals surface area contributed by atoms with Gasteiger partial charge in [-0.2, -0.15) is 0 Å². The molecule has 0 unspecified atom stereocenters. The SMILES string of the molecule is CCc1ccccc1N1C[C@H](C(=O)OCC(=O)NC(=O)NC(C)(C)C)CC1=O. The molecule has 152 valence electrons. The fourth-order valence-corrected chi connectivity index (χ4v) is 2.96. The van der Waals surface area contributed by atoms with Gasteiger partial charge in [0.15, 0.2) is 6.61 Å². The number of rotatable bonds is 5. The Hall–Kier alpha value is -2.90. The number of nitrogens with zero attached hydrogens (tertiary/aromatic N) is 1.